The minimum Gasteiger partial charge on any atom is -0.339 e. The van der Waals surface area contributed by atoms with Gasteiger partial charge in [-0.2, -0.15) is 5.10 Å². The molecule has 0 fully saturated rings. The molecule has 2 N–H and O–H groups in total. The molecule has 7 heteroatoms. The van der Waals surface area contributed by atoms with Crippen LogP contribution in [-0.4, -0.2) is 15.7 Å². The van der Waals surface area contributed by atoms with E-state index < -0.39 is 6.04 Å². The molecule has 1 aliphatic heterocycles. The van der Waals surface area contributed by atoms with Crippen LogP contribution >= 0.6 is 11.6 Å². The number of allylic oxidation sites excluding steroid dienone is 1. The predicted octanol–water partition coefficient (Wildman–Crippen LogP) is 6.29. The van der Waals surface area contributed by atoms with Crippen LogP contribution in [0.15, 0.2) is 85.1 Å². The molecule has 33 heavy (non-hydrogen) atoms. The monoisotopic (exact) mass is 458 g/mol. The summed E-state index contributed by atoms with van der Waals surface area (Å²) in [7, 11) is 0. The fraction of sp³-hybridized carbons (Fsp3) is 0.0769. The first-order chi connectivity index (χ1) is 16.0. The zero-order valence-corrected chi connectivity index (χ0v) is 18.5. The molecule has 0 radical (unpaired) electrons. The molecule has 1 atom stereocenters. The SMILES string of the molecule is Cc1ccc(NC(=O)c2cnn3c2NC(c2ccc(Cl)cc2)=CC3c2ccccc2F)cc1. The molecule has 1 aromatic heterocycles. The molecule has 5 rings (SSSR count). The molecule has 1 aliphatic rings. The van der Waals surface area contributed by atoms with E-state index in [2.05, 4.69) is 15.7 Å². The summed E-state index contributed by atoms with van der Waals surface area (Å²) in [5, 5.41) is 11.3. The van der Waals surface area contributed by atoms with Crippen LogP contribution in [0.25, 0.3) is 5.70 Å². The van der Waals surface area contributed by atoms with E-state index in [1.165, 1.54) is 12.3 Å². The number of carbonyl (C=O) groups excluding carboxylic acids is 1. The summed E-state index contributed by atoms with van der Waals surface area (Å²) in [6, 6.07) is 20.9. The molecule has 2 heterocycles. The van der Waals surface area contributed by atoms with Crippen molar-refractivity contribution in [2.45, 2.75) is 13.0 Å². The Labute approximate surface area is 195 Å². The fourth-order valence-corrected chi connectivity index (χ4v) is 3.96. The van der Waals surface area contributed by atoms with Crippen LogP contribution in [0.1, 0.15) is 33.1 Å². The first-order valence-electron chi connectivity index (χ1n) is 10.4. The normalized spacial score (nSPS) is 14.8. The Hall–Kier alpha value is -3.90. The number of nitrogens with zero attached hydrogens (tertiary/aromatic N) is 2. The molecular formula is C26H20ClFN4O. The molecule has 5 nitrogen and oxygen atoms in total. The number of rotatable bonds is 4. The Morgan fingerprint density at radius 2 is 1.79 bits per heavy atom. The number of fused-ring (bicyclic) bond motifs is 1. The van der Waals surface area contributed by atoms with Gasteiger partial charge in [0.25, 0.3) is 5.91 Å². The standard InChI is InChI=1S/C26H20ClFN4O/c1-16-6-12-19(13-7-16)30-26(33)21-15-29-32-24(20-4-2-3-5-22(20)28)14-23(31-25(21)32)17-8-10-18(27)11-9-17/h2-15,24,31H,1H3,(H,30,33). The molecule has 4 aromatic rings. The smallest absolute Gasteiger partial charge is 0.261 e. The summed E-state index contributed by atoms with van der Waals surface area (Å²) in [5.74, 6) is -0.166. The van der Waals surface area contributed by atoms with Crippen molar-refractivity contribution in [2.75, 3.05) is 10.6 Å². The summed E-state index contributed by atoms with van der Waals surface area (Å²) >= 11 is 6.06. The van der Waals surface area contributed by atoms with Gasteiger partial charge in [0.15, 0.2) is 0 Å². The highest BCUT2D eigenvalue weighted by atomic mass is 35.5. The van der Waals surface area contributed by atoms with Crippen LogP contribution in [0.5, 0.6) is 0 Å². The average Bonchev–Trinajstić information content (AvgIpc) is 3.25. The summed E-state index contributed by atoms with van der Waals surface area (Å²) in [6.07, 6.45) is 3.39. The summed E-state index contributed by atoms with van der Waals surface area (Å²) in [4.78, 5) is 13.1. The predicted molar refractivity (Wildman–Crippen MR) is 129 cm³/mol. The van der Waals surface area contributed by atoms with Gasteiger partial charge in [0, 0.05) is 22.0 Å². The second-order valence-electron chi connectivity index (χ2n) is 7.85. The fourth-order valence-electron chi connectivity index (χ4n) is 3.83. The lowest BCUT2D eigenvalue weighted by molar-refractivity contribution is 0.102. The Bertz CT molecular complexity index is 1360. The number of halogens is 2. The van der Waals surface area contributed by atoms with E-state index in [4.69, 9.17) is 11.6 Å². The first kappa shape index (κ1) is 21.0. The lowest BCUT2D eigenvalue weighted by atomic mass is 10.0. The van der Waals surface area contributed by atoms with Crippen molar-refractivity contribution in [3.05, 3.63) is 118 Å². The first-order valence-corrected chi connectivity index (χ1v) is 10.8. The van der Waals surface area contributed by atoms with Crippen molar-refractivity contribution in [2.24, 2.45) is 0 Å². The zero-order valence-electron chi connectivity index (χ0n) is 17.7. The lowest BCUT2D eigenvalue weighted by Gasteiger charge is -2.26. The van der Waals surface area contributed by atoms with Gasteiger partial charge in [0.1, 0.15) is 23.2 Å². The Morgan fingerprint density at radius 3 is 2.52 bits per heavy atom. The summed E-state index contributed by atoms with van der Waals surface area (Å²) in [5.41, 5.74) is 4.19. The highest BCUT2D eigenvalue weighted by Crippen LogP contribution is 2.36. The molecule has 1 amide bonds. The Kier molecular flexibility index (Phi) is 5.44. The van der Waals surface area contributed by atoms with Gasteiger partial charge in [-0.25, -0.2) is 9.07 Å². The maximum atomic E-state index is 14.7. The van der Waals surface area contributed by atoms with Crippen molar-refractivity contribution in [3.8, 4) is 0 Å². The van der Waals surface area contributed by atoms with Gasteiger partial charge in [-0.05, 0) is 48.9 Å². The molecular weight excluding hydrogens is 439 g/mol. The van der Waals surface area contributed by atoms with E-state index in [9.17, 15) is 9.18 Å². The second kappa shape index (κ2) is 8.56. The van der Waals surface area contributed by atoms with Gasteiger partial charge in [0.2, 0.25) is 0 Å². The molecule has 0 bridgehead atoms. The van der Waals surface area contributed by atoms with Crippen LogP contribution < -0.4 is 10.6 Å². The number of anilines is 2. The minimum absolute atomic E-state index is 0.308. The number of benzene rings is 3. The number of hydrogen-bond donors (Lipinski definition) is 2. The van der Waals surface area contributed by atoms with Gasteiger partial charge in [0.05, 0.1) is 6.20 Å². The molecule has 164 valence electrons. The van der Waals surface area contributed by atoms with E-state index in [1.54, 1.807) is 35.0 Å². The minimum atomic E-state index is -0.533. The number of aryl methyl sites for hydroxylation is 1. The van der Waals surface area contributed by atoms with Gasteiger partial charge in [-0.1, -0.05) is 59.6 Å². The third-order valence-electron chi connectivity index (χ3n) is 5.57. The van der Waals surface area contributed by atoms with Gasteiger partial charge < -0.3 is 10.6 Å². The van der Waals surface area contributed by atoms with Crippen LogP contribution in [0.4, 0.5) is 15.9 Å². The Balaban J connectivity index is 1.56. The molecule has 1 unspecified atom stereocenters. The van der Waals surface area contributed by atoms with Crippen molar-refractivity contribution in [1.29, 1.82) is 0 Å². The summed E-state index contributed by atoms with van der Waals surface area (Å²) < 4.78 is 16.4. The van der Waals surface area contributed by atoms with Crippen molar-refractivity contribution < 1.29 is 9.18 Å². The highest BCUT2D eigenvalue weighted by molar-refractivity contribution is 6.30. The maximum absolute atomic E-state index is 14.7. The van der Waals surface area contributed by atoms with Gasteiger partial charge in [-0.3, -0.25) is 4.79 Å². The topological polar surface area (TPSA) is 59.0 Å². The van der Waals surface area contributed by atoms with Crippen LogP contribution in [0.3, 0.4) is 0 Å². The zero-order chi connectivity index (χ0) is 22.9. The number of amides is 1. The van der Waals surface area contributed by atoms with Crippen LogP contribution in [-0.2, 0) is 0 Å². The third-order valence-corrected chi connectivity index (χ3v) is 5.82. The maximum Gasteiger partial charge on any atom is 0.261 e. The van der Waals surface area contributed by atoms with E-state index in [0.717, 1.165) is 16.8 Å². The van der Waals surface area contributed by atoms with Gasteiger partial charge in [-0.15, -0.1) is 0 Å². The number of hydrogen-bond acceptors (Lipinski definition) is 3. The third kappa shape index (κ3) is 4.13. The van der Waals surface area contributed by atoms with E-state index >= 15 is 0 Å². The molecule has 3 aromatic carbocycles. The Morgan fingerprint density at radius 1 is 1.06 bits per heavy atom. The molecule has 0 aliphatic carbocycles. The van der Waals surface area contributed by atoms with Gasteiger partial charge >= 0.3 is 0 Å². The van der Waals surface area contributed by atoms with Crippen LogP contribution in [0.2, 0.25) is 5.02 Å². The van der Waals surface area contributed by atoms with E-state index in [-0.39, 0.29) is 11.7 Å². The molecule has 0 spiro atoms. The summed E-state index contributed by atoms with van der Waals surface area (Å²) in [6.45, 7) is 1.98. The van der Waals surface area contributed by atoms with E-state index in [0.29, 0.717) is 27.7 Å². The van der Waals surface area contributed by atoms with Crippen molar-refractivity contribution in [3.63, 3.8) is 0 Å². The largest absolute Gasteiger partial charge is 0.339 e. The van der Waals surface area contributed by atoms with E-state index in [1.807, 2.05) is 49.4 Å². The number of aromatic nitrogens is 2. The second-order valence-corrected chi connectivity index (χ2v) is 8.29. The lowest BCUT2D eigenvalue weighted by Crippen LogP contribution is -2.22. The van der Waals surface area contributed by atoms with Crippen molar-refractivity contribution in [1.82, 2.24) is 9.78 Å². The quantitative estimate of drug-likeness (QED) is 0.377. The molecule has 0 saturated carbocycles. The molecule has 0 saturated heterocycles. The highest BCUT2D eigenvalue weighted by Gasteiger charge is 2.29. The number of carbonyl (C=O) groups is 1. The average molecular weight is 459 g/mol. The number of nitrogens with one attached hydrogen (secondary N) is 2. The van der Waals surface area contributed by atoms with Crippen LogP contribution in [0, 0.1) is 12.7 Å². The van der Waals surface area contributed by atoms with Crippen molar-refractivity contribution >= 4 is 34.7 Å².